The van der Waals surface area contributed by atoms with Crippen molar-refractivity contribution in [2.75, 3.05) is 25.1 Å². The maximum absolute atomic E-state index is 13.7. The lowest BCUT2D eigenvalue weighted by atomic mass is 10.0. The second kappa shape index (κ2) is 6.16. The fourth-order valence-electron chi connectivity index (χ4n) is 1.67. The monoisotopic (exact) mass is 255 g/mol. The highest BCUT2D eigenvalue weighted by molar-refractivity contribution is 5.47. The second-order valence-electron chi connectivity index (χ2n) is 4.81. The molecule has 0 saturated carbocycles. The Labute approximate surface area is 108 Å². The molecule has 0 aliphatic carbocycles. The molecule has 1 atom stereocenters. The summed E-state index contributed by atoms with van der Waals surface area (Å²) in [7, 11) is 1.56. The molecule has 102 valence electrons. The summed E-state index contributed by atoms with van der Waals surface area (Å²) in [6, 6.07) is 6.58. The Balaban J connectivity index is 2.83. The van der Waals surface area contributed by atoms with Crippen LogP contribution in [0.4, 0.5) is 10.1 Å². The minimum atomic E-state index is -0.693. The Morgan fingerprint density at radius 3 is 2.50 bits per heavy atom. The van der Waals surface area contributed by atoms with Crippen molar-refractivity contribution in [2.24, 2.45) is 0 Å². The summed E-state index contributed by atoms with van der Waals surface area (Å²) in [5.41, 5.74) is -0.149. The number of aliphatic hydroxyl groups excluding tert-OH is 1. The number of ether oxygens (including phenoxy) is 1. The standard InChI is InChI=1S/C14H22FNO2/c1-5-16(10-13(17)14(2,3)18-4)12-9-7-6-8-11(12)15/h6-9,13,17H,5,10H2,1-4H3. The van der Waals surface area contributed by atoms with Crippen LogP contribution < -0.4 is 4.90 Å². The molecular weight excluding hydrogens is 233 g/mol. The third-order valence-corrected chi connectivity index (χ3v) is 3.30. The molecule has 1 aromatic carbocycles. The van der Waals surface area contributed by atoms with Crippen LogP contribution in [0.5, 0.6) is 0 Å². The minimum absolute atomic E-state index is 0.276. The summed E-state index contributed by atoms with van der Waals surface area (Å²) < 4.78 is 18.9. The smallest absolute Gasteiger partial charge is 0.146 e. The van der Waals surface area contributed by atoms with Gasteiger partial charge in [-0.2, -0.15) is 0 Å². The molecule has 0 aromatic heterocycles. The van der Waals surface area contributed by atoms with E-state index in [-0.39, 0.29) is 5.82 Å². The molecule has 1 aromatic rings. The van der Waals surface area contributed by atoms with Crippen molar-refractivity contribution in [1.82, 2.24) is 0 Å². The van der Waals surface area contributed by atoms with Crippen molar-refractivity contribution in [1.29, 1.82) is 0 Å². The van der Waals surface area contributed by atoms with Gasteiger partial charge in [-0.05, 0) is 32.9 Å². The molecule has 18 heavy (non-hydrogen) atoms. The quantitative estimate of drug-likeness (QED) is 0.847. The summed E-state index contributed by atoms with van der Waals surface area (Å²) in [5.74, 6) is -0.276. The summed E-state index contributed by atoms with van der Waals surface area (Å²) in [4.78, 5) is 1.81. The molecule has 1 rings (SSSR count). The van der Waals surface area contributed by atoms with Crippen LogP contribution in [-0.2, 0) is 4.74 Å². The van der Waals surface area contributed by atoms with E-state index in [0.29, 0.717) is 18.8 Å². The number of nitrogens with zero attached hydrogens (tertiary/aromatic N) is 1. The van der Waals surface area contributed by atoms with E-state index in [0.717, 1.165) is 0 Å². The average Bonchev–Trinajstić information content (AvgIpc) is 2.36. The van der Waals surface area contributed by atoms with E-state index < -0.39 is 11.7 Å². The largest absolute Gasteiger partial charge is 0.388 e. The van der Waals surface area contributed by atoms with Crippen molar-refractivity contribution in [3.05, 3.63) is 30.1 Å². The van der Waals surface area contributed by atoms with Crippen LogP contribution in [-0.4, -0.2) is 37.0 Å². The van der Waals surface area contributed by atoms with Gasteiger partial charge < -0.3 is 14.7 Å². The van der Waals surface area contributed by atoms with Gasteiger partial charge in [0.15, 0.2) is 0 Å². The fraction of sp³-hybridized carbons (Fsp3) is 0.571. The first-order valence-corrected chi connectivity index (χ1v) is 6.15. The zero-order valence-electron chi connectivity index (χ0n) is 11.5. The summed E-state index contributed by atoms with van der Waals surface area (Å²) in [5, 5.41) is 10.1. The molecule has 0 heterocycles. The van der Waals surface area contributed by atoms with Gasteiger partial charge in [0, 0.05) is 20.2 Å². The number of hydrogen-bond acceptors (Lipinski definition) is 3. The van der Waals surface area contributed by atoms with E-state index in [4.69, 9.17) is 4.74 Å². The lowest BCUT2D eigenvalue weighted by Gasteiger charge is -2.34. The van der Waals surface area contributed by atoms with Crippen molar-refractivity contribution in [3.63, 3.8) is 0 Å². The minimum Gasteiger partial charge on any atom is -0.388 e. The van der Waals surface area contributed by atoms with E-state index in [1.807, 2.05) is 20.8 Å². The Kier molecular flexibility index (Phi) is 5.11. The number of rotatable bonds is 6. The van der Waals surface area contributed by atoms with Crippen LogP contribution in [0.15, 0.2) is 24.3 Å². The molecule has 0 fully saturated rings. The number of halogens is 1. The maximum atomic E-state index is 13.7. The van der Waals surface area contributed by atoms with E-state index >= 15 is 0 Å². The number of para-hydroxylation sites is 1. The number of anilines is 1. The lowest BCUT2D eigenvalue weighted by molar-refractivity contribution is -0.0731. The van der Waals surface area contributed by atoms with Crippen molar-refractivity contribution >= 4 is 5.69 Å². The summed E-state index contributed by atoms with van der Waals surface area (Å²) >= 11 is 0. The molecule has 0 aliphatic heterocycles. The van der Waals surface area contributed by atoms with Crippen LogP contribution >= 0.6 is 0 Å². The van der Waals surface area contributed by atoms with E-state index in [1.54, 1.807) is 30.2 Å². The Morgan fingerprint density at radius 1 is 1.39 bits per heavy atom. The van der Waals surface area contributed by atoms with E-state index in [9.17, 15) is 9.50 Å². The number of methoxy groups -OCH3 is 1. The normalized spacial score (nSPS) is 13.4. The highest BCUT2D eigenvalue weighted by Crippen LogP contribution is 2.21. The fourth-order valence-corrected chi connectivity index (χ4v) is 1.67. The van der Waals surface area contributed by atoms with Gasteiger partial charge in [-0.15, -0.1) is 0 Å². The SMILES string of the molecule is CCN(CC(O)C(C)(C)OC)c1ccccc1F. The van der Waals surface area contributed by atoms with E-state index in [2.05, 4.69) is 0 Å². The first kappa shape index (κ1) is 14.9. The molecule has 0 saturated heterocycles. The van der Waals surface area contributed by atoms with Gasteiger partial charge >= 0.3 is 0 Å². The predicted molar refractivity (Wildman–Crippen MR) is 71.4 cm³/mol. The van der Waals surface area contributed by atoms with Crippen LogP contribution in [0.1, 0.15) is 20.8 Å². The van der Waals surface area contributed by atoms with Crippen molar-refractivity contribution in [2.45, 2.75) is 32.5 Å². The Hall–Kier alpha value is -1.13. The zero-order valence-corrected chi connectivity index (χ0v) is 11.5. The Morgan fingerprint density at radius 2 is 2.00 bits per heavy atom. The van der Waals surface area contributed by atoms with E-state index in [1.165, 1.54) is 6.07 Å². The average molecular weight is 255 g/mol. The molecular formula is C14H22FNO2. The zero-order chi connectivity index (χ0) is 13.8. The first-order chi connectivity index (χ1) is 8.42. The molecule has 1 unspecified atom stereocenters. The number of benzene rings is 1. The molecule has 0 aliphatic rings. The van der Waals surface area contributed by atoms with Gasteiger partial charge in [0.2, 0.25) is 0 Å². The van der Waals surface area contributed by atoms with Crippen LogP contribution in [0.2, 0.25) is 0 Å². The summed E-state index contributed by atoms with van der Waals surface area (Å²) in [6.45, 7) is 6.51. The van der Waals surface area contributed by atoms with Gasteiger partial charge in [0.1, 0.15) is 5.82 Å². The second-order valence-corrected chi connectivity index (χ2v) is 4.81. The molecule has 3 nitrogen and oxygen atoms in total. The molecule has 0 bridgehead atoms. The molecule has 4 heteroatoms. The highest BCUT2D eigenvalue weighted by atomic mass is 19.1. The van der Waals surface area contributed by atoms with Crippen molar-refractivity contribution < 1.29 is 14.2 Å². The molecule has 0 radical (unpaired) electrons. The molecule has 0 amide bonds. The van der Waals surface area contributed by atoms with Gasteiger partial charge in [0.25, 0.3) is 0 Å². The number of likely N-dealkylation sites (N-methyl/N-ethyl adjacent to an activating group) is 1. The third-order valence-electron chi connectivity index (χ3n) is 3.30. The van der Waals surface area contributed by atoms with Gasteiger partial charge in [0.05, 0.1) is 17.4 Å². The van der Waals surface area contributed by atoms with Crippen molar-refractivity contribution in [3.8, 4) is 0 Å². The predicted octanol–water partition coefficient (Wildman–Crippen LogP) is 2.44. The molecule has 1 N–H and O–H groups in total. The third kappa shape index (κ3) is 3.43. The van der Waals surface area contributed by atoms with Crippen LogP contribution in [0.3, 0.4) is 0 Å². The number of hydrogen-bond donors (Lipinski definition) is 1. The lowest BCUT2D eigenvalue weighted by Crippen LogP contribution is -2.46. The first-order valence-electron chi connectivity index (χ1n) is 6.15. The van der Waals surface area contributed by atoms with Gasteiger partial charge in [-0.1, -0.05) is 12.1 Å². The summed E-state index contributed by atoms with van der Waals surface area (Å²) in [6.07, 6.45) is -0.693. The van der Waals surface area contributed by atoms with Gasteiger partial charge in [-0.25, -0.2) is 4.39 Å². The Bertz CT molecular complexity index is 382. The van der Waals surface area contributed by atoms with Gasteiger partial charge in [-0.3, -0.25) is 0 Å². The maximum Gasteiger partial charge on any atom is 0.146 e. The highest BCUT2D eigenvalue weighted by Gasteiger charge is 2.29. The number of aliphatic hydroxyl groups is 1. The topological polar surface area (TPSA) is 32.7 Å². The van der Waals surface area contributed by atoms with Crippen LogP contribution in [0, 0.1) is 5.82 Å². The molecule has 0 spiro atoms. The van der Waals surface area contributed by atoms with Crippen LogP contribution in [0.25, 0.3) is 0 Å².